The van der Waals surface area contributed by atoms with E-state index in [9.17, 15) is 39.5 Å². The molecular formula is C8H8F9NO2. The third kappa shape index (κ3) is 3.67. The van der Waals surface area contributed by atoms with E-state index in [-0.39, 0.29) is 6.61 Å². The van der Waals surface area contributed by atoms with Gasteiger partial charge in [0.1, 0.15) is 6.10 Å². The van der Waals surface area contributed by atoms with Crippen molar-refractivity contribution in [3.63, 3.8) is 0 Å². The molecule has 20 heavy (non-hydrogen) atoms. The predicted octanol–water partition coefficient (Wildman–Crippen LogP) is 2.67. The Balaban J connectivity index is 3.01. The second-order valence-corrected chi connectivity index (χ2v) is 3.75. The molecule has 0 spiro atoms. The highest BCUT2D eigenvalue weighted by atomic mass is 19.4. The minimum Gasteiger partial charge on any atom is -0.376 e. The standard InChI is InChI=1S/C8H8F9NO2/c9-5(18(7(12,13)14)8(15,16)17)6(10,11)4-3-19-1-2-20-4/h4-5H,1-3H2. The average molecular weight is 321 g/mol. The zero-order valence-corrected chi connectivity index (χ0v) is 9.44. The van der Waals surface area contributed by atoms with Gasteiger partial charge in [-0.05, 0) is 0 Å². The number of nitrogens with zero attached hydrogens (tertiary/aromatic N) is 1. The zero-order valence-electron chi connectivity index (χ0n) is 9.44. The summed E-state index contributed by atoms with van der Waals surface area (Å²) in [4.78, 5) is -2.81. The predicted molar refractivity (Wildman–Crippen MR) is 44.4 cm³/mol. The molecular weight excluding hydrogens is 313 g/mol. The van der Waals surface area contributed by atoms with Gasteiger partial charge in [0.05, 0.1) is 19.8 Å². The fourth-order valence-electron chi connectivity index (χ4n) is 1.44. The topological polar surface area (TPSA) is 21.7 Å². The summed E-state index contributed by atoms with van der Waals surface area (Å²) in [6.07, 6.45) is -20.0. The summed E-state index contributed by atoms with van der Waals surface area (Å²) >= 11 is 0. The maximum Gasteiger partial charge on any atom is 0.469 e. The van der Waals surface area contributed by atoms with Crippen LogP contribution in [0.15, 0.2) is 0 Å². The Morgan fingerprint density at radius 3 is 1.75 bits per heavy atom. The molecule has 1 heterocycles. The molecule has 0 aromatic heterocycles. The molecule has 0 aromatic rings. The van der Waals surface area contributed by atoms with Crippen LogP contribution in [-0.2, 0) is 9.47 Å². The van der Waals surface area contributed by atoms with Crippen molar-refractivity contribution in [1.29, 1.82) is 0 Å². The van der Waals surface area contributed by atoms with Crippen LogP contribution in [0.25, 0.3) is 0 Å². The molecule has 1 saturated heterocycles. The maximum absolute atomic E-state index is 13.4. The van der Waals surface area contributed by atoms with Crippen molar-refractivity contribution in [3.8, 4) is 0 Å². The van der Waals surface area contributed by atoms with Gasteiger partial charge < -0.3 is 9.47 Å². The van der Waals surface area contributed by atoms with E-state index in [0.29, 0.717) is 0 Å². The normalized spacial score (nSPS) is 24.0. The summed E-state index contributed by atoms with van der Waals surface area (Å²) in [5, 5.41) is 0. The lowest BCUT2D eigenvalue weighted by atomic mass is 10.1. The summed E-state index contributed by atoms with van der Waals surface area (Å²) < 4.78 is 121. The number of ether oxygens (including phenoxy) is 2. The van der Waals surface area contributed by atoms with E-state index in [1.165, 1.54) is 0 Å². The molecule has 0 amide bonds. The molecule has 3 nitrogen and oxygen atoms in total. The lowest BCUT2D eigenvalue weighted by molar-refractivity contribution is -0.419. The van der Waals surface area contributed by atoms with Crippen LogP contribution >= 0.6 is 0 Å². The van der Waals surface area contributed by atoms with E-state index < -0.39 is 49.0 Å². The number of hydrogen-bond acceptors (Lipinski definition) is 3. The Kier molecular flexibility index (Phi) is 4.81. The minimum atomic E-state index is -6.36. The van der Waals surface area contributed by atoms with Crippen molar-refractivity contribution in [2.24, 2.45) is 0 Å². The SMILES string of the molecule is FC(N(C(F)(F)F)C(F)(F)F)C(F)(F)C1COCCO1. The van der Waals surface area contributed by atoms with Gasteiger partial charge in [0.15, 0.2) is 0 Å². The van der Waals surface area contributed by atoms with Crippen LogP contribution in [0.5, 0.6) is 0 Å². The fraction of sp³-hybridized carbons (Fsp3) is 1.00. The number of hydrogen-bond donors (Lipinski definition) is 0. The molecule has 0 radical (unpaired) electrons. The molecule has 12 heteroatoms. The molecule has 0 bridgehead atoms. The van der Waals surface area contributed by atoms with Gasteiger partial charge in [-0.25, -0.2) is 4.39 Å². The number of rotatable bonds is 3. The van der Waals surface area contributed by atoms with E-state index >= 15 is 0 Å². The first-order chi connectivity index (χ1) is 8.88. The first-order valence-electron chi connectivity index (χ1n) is 5.02. The van der Waals surface area contributed by atoms with Crippen LogP contribution in [0.1, 0.15) is 0 Å². The lowest BCUT2D eigenvalue weighted by Gasteiger charge is -2.37. The summed E-state index contributed by atoms with van der Waals surface area (Å²) in [5.74, 6) is -5.06. The molecule has 0 aliphatic carbocycles. The van der Waals surface area contributed by atoms with E-state index in [1.54, 1.807) is 0 Å². The van der Waals surface area contributed by atoms with E-state index in [1.807, 2.05) is 0 Å². The van der Waals surface area contributed by atoms with Crippen LogP contribution in [0.3, 0.4) is 0 Å². The quantitative estimate of drug-likeness (QED) is 0.589. The molecule has 1 aliphatic rings. The highest BCUT2D eigenvalue weighted by Gasteiger charge is 2.66. The van der Waals surface area contributed by atoms with E-state index in [2.05, 4.69) is 9.47 Å². The van der Waals surface area contributed by atoms with Gasteiger partial charge in [0.2, 0.25) is 6.30 Å². The van der Waals surface area contributed by atoms with Crippen LogP contribution < -0.4 is 0 Å². The average Bonchev–Trinajstić information content (AvgIpc) is 2.26. The Labute approximate surface area is 106 Å². The molecule has 1 fully saturated rings. The summed E-state index contributed by atoms with van der Waals surface area (Å²) in [7, 11) is 0. The zero-order chi connectivity index (χ0) is 15.8. The Bertz CT molecular complexity index is 309. The first-order valence-corrected chi connectivity index (χ1v) is 5.02. The smallest absolute Gasteiger partial charge is 0.376 e. The molecule has 0 saturated carbocycles. The summed E-state index contributed by atoms with van der Waals surface area (Å²) in [6, 6.07) is 0. The highest BCUT2D eigenvalue weighted by molar-refractivity contribution is 4.88. The third-order valence-electron chi connectivity index (χ3n) is 2.34. The monoisotopic (exact) mass is 321 g/mol. The van der Waals surface area contributed by atoms with Gasteiger partial charge in [0.25, 0.3) is 0 Å². The third-order valence-corrected chi connectivity index (χ3v) is 2.34. The molecule has 2 atom stereocenters. The lowest BCUT2D eigenvalue weighted by Crippen LogP contribution is -2.62. The van der Waals surface area contributed by atoms with Crippen molar-refractivity contribution >= 4 is 0 Å². The van der Waals surface area contributed by atoms with Gasteiger partial charge in [-0.3, -0.25) is 0 Å². The van der Waals surface area contributed by atoms with Gasteiger partial charge in [-0.1, -0.05) is 4.90 Å². The first kappa shape index (κ1) is 17.3. The van der Waals surface area contributed by atoms with Crippen molar-refractivity contribution in [1.82, 2.24) is 4.90 Å². The van der Waals surface area contributed by atoms with Crippen molar-refractivity contribution in [2.45, 2.75) is 30.9 Å². The molecule has 2 unspecified atom stereocenters. The van der Waals surface area contributed by atoms with Gasteiger partial charge in [-0.15, -0.1) is 0 Å². The second-order valence-electron chi connectivity index (χ2n) is 3.75. The largest absolute Gasteiger partial charge is 0.469 e. The van der Waals surface area contributed by atoms with Crippen LogP contribution in [-0.4, -0.2) is 55.6 Å². The van der Waals surface area contributed by atoms with Crippen molar-refractivity contribution in [2.75, 3.05) is 19.8 Å². The molecule has 0 aromatic carbocycles. The molecule has 0 N–H and O–H groups in total. The Morgan fingerprint density at radius 1 is 0.900 bits per heavy atom. The van der Waals surface area contributed by atoms with Crippen LogP contribution in [0.4, 0.5) is 39.5 Å². The maximum atomic E-state index is 13.4. The summed E-state index contributed by atoms with van der Waals surface area (Å²) in [5.41, 5.74) is 0. The highest BCUT2D eigenvalue weighted by Crippen LogP contribution is 2.42. The Hall–Kier alpha value is -0.750. The number of halogens is 9. The summed E-state index contributed by atoms with van der Waals surface area (Å²) in [6.45, 7) is -1.69. The van der Waals surface area contributed by atoms with Gasteiger partial charge >= 0.3 is 18.5 Å². The molecule has 1 rings (SSSR count). The second kappa shape index (κ2) is 5.56. The number of alkyl halides is 9. The van der Waals surface area contributed by atoms with Crippen molar-refractivity contribution < 1.29 is 49.0 Å². The van der Waals surface area contributed by atoms with Crippen LogP contribution in [0.2, 0.25) is 0 Å². The Morgan fingerprint density at radius 2 is 1.40 bits per heavy atom. The van der Waals surface area contributed by atoms with E-state index in [0.717, 1.165) is 0 Å². The van der Waals surface area contributed by atoms with Crippen LogP contribution in [0, 0.1) is 0 Å². The molecule has 1 aliphatic heterocycles. The minimum absolute atomic E-state index is 0.175. The van der Waals surface area contributed by atoms with Gasteiger partial charge in [0, 0.05) is 0 Å². The molecule has 120 valence electrons. The van der Waals surface area contributed by atoms with Crippen molar-refractivity contribution in [3.05, 3.63) is 0 Å². The van der Waals surface area contributed by atoms with E-state index in [4.69, 9.17) is 0 Å². The fourth-order valence-corrected chi connectivity index (χ4v) is 1.44. The van der Waals surface area contributed by atoms with Gasteiger partial charge in [-0.2, -0.15) is 35.1 Å².